The molecule has 128 valence electrons. The quantitative estimate of drug-likeness (QED) is 0.762. The van der Waals surface area contributed by atoms with Crippen LogP contribution in [0.3, 0.4) is 0 Å². The number of carboxylic acids is 1. The molecule has 0 saturated carbocycles. The van der Waals surface area contributed by atoms with Gasteiger partial charge < -0.3 is 19.9 Å². The minimum Gasteiger partial charge on any atom is -0.481 e. The molecule has 0 aliphatic rings. The Balaban J connectivity index is 2.45. The molecule has 2 N–H and O–H groups in total. The van der Waals surface area contributed by atoms with Crippen LogP contribution in [0.1, 0.15) is 27.2 Å². The van der Waals surface area contributed by atoms with Crippen LogP contribution < -0.4 is 10.1 Å². The molecule has 0 radical (unpaired) electrons. The van der Waals surface area contributed by atoms with Crippen molar-refractivity contribution < 1.29 is 28.6 Å². The topological polar surface area (TPSA) is 84.9 Å². The van der Waals surface area contributed by atoms with Gasteiger partial charge in [0.2, 0.25) is 0 Å². The number of hydrogen-bond acceptors (Lipinski definition) is 4. The van der Waals surface area contributed by atoms with Crippen LogP contribution in [-0.2, 0) is 14.3 Å². The number of hydrogen-bond donors (Lipinski definition) is 2. The molecule has 1 aromatic carbocycles. The second-order valence-electron chi connectivity index (χ2n) is 5.93. The highest BCUT2D eigenvalue weighted by atomic mass is 19.1. The number of aliphatic carboxylic acids is 1. The molecule has 0 aliphatic carbocycles. The zero-order valence-corrected chi connectivity index (χ0v) is 13.5. The lowest BCUT2D eigenvalue weighted by Crippen LogP contribution is -2.44. The van der Waals surface area contributed by atoms with Crippen LogP contribution in [0.25, 0.3) is 0 Å². The van der Waals surface area contributed by atoms with Crippen molar-refractivity contribution in [3.8, 4) is 5.75 Å². The first-order valence-corrected chi connectivity index (χ1v) is 7.22. The van der Waals surface area contributed by atoms with Gasteiger partial charge in [-0.25, -0.2) is 9.18 Å². The number of carboxylic acid groups (broad SMARTS) is 1. The van der Waals surface area contributed by atoms with E-state index < -0.39 is 30.3 Å². The molecule has 0 saturated heterocycles. The van der Waals surface area contributed by atoms with Gasteiger partial charge >= 0.3 is 5.97 Å². The van der Waals surface area contributed by atoms with Gasteiger partial charge in [-0.15, -0.1) is 0 Å². The second kappa shape index (κ2) is 8.47. The number of nitrogens with one attached hydrogen (secondary N) is 1. The highest BCUT2D eigenvalue weighted by molar-refractivity contribution is 5.84. The number of benzene rings is 1. The molecule has 0 bridgehead atoms. The van der Waals surface area contributed by atoms with Crippen molar-refractivity contribution in [3.63, 3.8) is 0 Å². The van der Waals surface area contributed by atoms with Gasteiger partial charge in [-0.1, -0.05) is 12.1 Å². The minimum atomic E-state index is -1.17. The molecule has 0 aromatic heterocycles. The molecule has 1 atom stereocenters. The minimum absolute atomic E-state index is 0.0643. The zero-order chi connectivity index (χ0) is 17.5. The first-order valence-electron chi connectivity index (χ1n) is 7.22. The van der Waals surface area contributed by atoms with E-state index in [0.29, 0.717) is 0 Å². The van der Waals surface area contributed by atoms with E-state index >= 15 is 0 Å². The van der Waals surface area contributed by atoms with Crippen LogP contribution in [0.4, 0.5) is 4.39 Å². The molecule has 0 spiro atoms. The molecule has 1 aromatic rings. The Morgan fingerprint density at radius 2 is 1.96 bits per heavy atom. The Morgan fingerprint density at radius 3 is 2.52 bits per heavy atom. The van der Waals surface area contributed by atoms with E-state index in [1.54, 1.807) is 6.07 Å². The number of ether oxygens (including phenoxy) is 2. The molecule has 23 heavy (non-hydrogen) atoms. The standard InChI is InChI=1S/C16H22FNO5/c1-16(2,3)23-9-8-12(15(20)21)18-14(19)10-22-13-7-5-4-6-11(13)17/h4-7,12H,8-10H2,1-3H3,(H,18,19)(H,20,21). The number of rotatable bonds is 8. The van der Waals surface area contributed by atoms with Gasteiger partial charge in [-0.2, -0.15) is 0 Å². The van der Waals surface area contributed by atoms with E-state index in [1.165, 1.54) is 18.2 Å². The van der Waals surface area contributed by atoms with Crippen LogP contribution in [0.15, 0.2) is 24.3 Å². The Labute approximate surface area is 134 Å². The average molecular weight is 327 g/mol. The second-order valence-corrected chi connectivity index (χ2v) is 5.93. The summed E-state index contributed by atoms with van der Waals surface area (Å²) in [6.45, 7) is 5.27. The van der Waals surface area contributed by atoms with Crippen LogP contribution in [0.2, 0.25) is 0 Å². The summed E-state index contributed by atoms with van der Waals surface area (Å²) in [7, 11) is 0. The summed E-state index contributed by atoms with van der Waals surface area (Å²) in [5, 5.41) is 11.4. The van der Waals surface area contributed by atoms with E-state index in [4.69, 9.17) is 14.6 Å². The fraction of sp³-hybridized carbons (Fsp3) is 0.500. The lowest BCUT2D eigenvalue weighted by Gasteiger charge is -2.21. The molecule has 0 aliphatic heterocycles. The van der Waals surface area contributed by atoms with Crippen molar-refractivity contribution >= 4 is 11.9 Å². The van der Waals surface area contributed by atoms with E-state index in [0.717, 1.165) is 0 Å². The van der Waals surface area contributed by atoms with Gasteiger partial charge in [0, 0.05) is 13.0 Å². The fourth-order valence-electron chi connectivity index (χ4n) is 1.68. The zero-order valence-electron chi connectivity index (χ0n) is 13.5. The number of halogens is 1. The number of amides is 1. The maximum absolute atomic E-state index is 13.3. The molecule has 0 heterocycles. The lowest BCUT2D eigenvalue weighted by molar-refractivity contribution is -0.143. The fourth-order valence-corrected chi connectivity index (χ4v) is 1.68. The van der Waals surface area contributed by atoms with Gasteiger partial charge in [0.25, 0.3) is 5.91 Å². The van der Waals surface area contributed by atoms with Crippen molar-refractivity contribution in [2.75, 3.05) is 13.2 Å². The normalized spacial score (nSPS) is 12.5. The third-order valence-corrected chi connectivity index (χ3v) is 2.77. The Hall–Kier alpha value is -2.15. The largest absolute Gasteiger partial charge is 0.481 e. The summed E-state index contributed by atoms with van der Waals surface area (Å²) >= 11 is 0. The van der Waals surface area contributed by atoms with Crippen LogP contribution in [-0.4, -0.2) is 41.8 Å². The van der Waals surface area contributed by atoms with Crippen molar-refractivity contribution in [2.45, 2.75) is 38.8 Å². The summed E-state index contributed by atoms with van der Waals surface area (Å²) < 4.78 is 23.8. The first-order chi connectivity index (χ1) is 10.7. The van der Waals surface area contributed by atoms with Crippen molar-refractivity contribution in [2.24, 2.45) is 0 Å². The summed E-state index contributed by atoms with van der Waals surface area (Å²) in [6, 6.07) is 4.57. The third-order valence-electron chi connectivity index (χ3n) is 2.77. The van der Waals surface area contributed by atoms with Crippen molar-refractivity contribution in [1.82, 2.24) is 5.32 Å². The monoisotopic (exact) mass is 327 g/mol. The highest BCUT2D eigenvalue weighted by Gasteiger charge is 2.21. The Morgan fingerprint density at radius 1 is 1.30 bits per heavy atom. The molecule has 7 heteroatoms. The molecular formula is C16H22FNO5. The summed E-state index contributed by atoms with van der Waals surface area (Å²) in [5.41, 5.74) is -0.388. The smallest absolute Gasteiger partial charge is 0.326 e. The van der Waals surface area contributed by atoms with Gasteiger partial charge in [-0.05, 0) is 32.9 Å². The van der Waals surface area contributed by atoms with Crippen molar-refractivity contribution in [3.05, 3.63) is 30.1 Å². The van der Waals surface area contributed by atoms with E-state index in [2.05, 4.69) is 5.32 Å². The Bertz CT molecular complexity index is 542. The average Bonchev–Trinajstić information content (AvgIpc) is 2.44. The maximum Gasteiger partial charge on any atom is 0.326 e. The van der Waals surface area contributed by atoms with Crippen molar-refractivity contribution in [1.29, 1.82) is 0 Å². The van der Waals surface area contributed by atoms with Crippen LogP contribution in [0, 0.1) is 5.82 Å². The van der Waals surface area contributed by atoms with Crippen LogP contribution >= 0.6 is 0 Å². The predicted molar refractivity (Wildman–Crippen MR) is 81.8 cm³/mol. The van der Waals surface area contributed by atoms with Gasteiger partial charge in [0.1, 0.15) is 6.04 Å². The molecule has 6 nitrogen and oxygen atoms in total. The molecule has 1 unspecified atom stereocenters. The summed E-state index contributed by atoms with van der Waals surface area (Å²) in [4.78, 5) is 22.9. The third kappa shape index (κ3) is 7.60. The number of carbonyl (C=O) groups excluding carboxylic acids is 1. The molecule has 0 fully saturated rings. The summed E-state index contributed by atoms with van der Waals surface area (Å²) in [5.74, 6) is -2.46. The van der Waals surface area contributed by atoms with Gasteiger partial charge in [0.15, 0.2) is 18.2 Å². The van der Waals surface area contributed by atoms with E-state index in [9.17, 15) is 14.0 Å². The lowest BCUT2D eigenvalue weighted by atomic mass is 10.2. The SMILES string of the molecule is CC(C)(C)OCCC(NC(=O)COc1ccccc1F)C(=O)O. The maximum atomic E-state index is 13.3. The predicted octanol–water partition coefficient (Wildman–Crippen LogP) is 1.98. The van der Waals surface area contributed by atoms with Crippen LogP contribution in [0.5, 0.6) is 5.75 Å². The summed E-state index contributed by atoms with van der Waals surface area (Å²) in [6.07, 6.45) is 0.123. The van der Waals surface area contributed by atoms with Gasteiger partial charge in [-0.3, -0.25) is 4.79 Å². The molecular weight excluding hydrogens is 305 g/mol. The van der Waals surface area contributed by atoms with Gasteiger partial charge in [0.05, 0.1) is 5.60 Å². The Kier molecular flexibility index (Phi) is 6.96. The number of para-hydroxylation sites is 1. The highest BCUT2D eigenvalue weighted by Crippen LogP contribution is 2.15. The number of carbonyl (C=O) groups is 2. The first kappa shape index (κ1) is 18.9. The molecule has 1 rings (SSSR count). The van der Waals surface area contributed by atoms with E-state index in [1.807, 2.05) is 20.8 Å². The molecule has 1 amide bonds. The van der Waals surface area contributed by atoms with E-state index in [-0.39, 0.29) is 24.4 Å².